The van der Waals surface area contributed by atoms with E-state index in [1.807, 2.05) is 43.3 Å². The summed E-state index contributed by atoms with van der Waals surface area (Å²) in [4.78, 5) is 39.3. The summed E-state index contributed by atoms with van der Waals surface area (Å²) in [6.45, 7) is 2.49. The summed E-state index contributed by atoms with van der Waals surface area (Å²) in [7, 11) is 1.45. The molecule has 2 amide bonds. The maximum Gasteiger partial charge on any atom is 0.407 e. The van der Waals surface area contributed by atoms with Gasteiger partial charge in [-0.05, 0) is 35.1 Å². The van der Waals surface area contributed by atoms with Crippen LogP contribution in [-0.2, 0) is 19.1 Å². The molecule has 0 spiro atoms. The fourth-order valence-electron chi connectivity index (χ4n) is 5.37. The van der Waals surface area contributed by atoms with Gasteiger partial charge in [0.1, 0.15) is 12.6 Å². The number of likely N-dealkylation sites (tertiary alicyclic amines) is 1. The Bertz CT molecular complexity index is 1060. The van der Waals surface area contributed by atoms with E-state index in [2.05, 4.69) is 17.4 Å². The number of carbonyl (C=O) groups is 3. The number of amides is 2. The standard InChI is InChI=1S/C27H32N2O6/c1-3-12-27(25(31)32)13-14-29(17-27)24(30)23(16-34-2)28-26(33)35-15-22-20-10-6-4-8-18(20)19-9-5-7-11-21(19)22/h4-11,22-23H,3,12-17H2,1-2H3,(H,28,33)(H,31,32)/t23-,27?/m0/s1. The zero-order chi connectivity index (χ0) is 25.0. The summed E-state index contributed by atoms with van der Waals surface area (Å²) in [5.41, 5.74) is 3.53. The van der Waals surface area contributed by atoms with Gasteiger partial charge in [0.05, 0.1) is 12.0 Å². The van der Waals surface area contributed by atoms with E-state index in [1.165, 1.54) is 12.0 Å². The van der Waals surface area contributed by atoms with Gasteiger partial charge < -0.3 is 24.8 Å². The van der Waals surface area contributed by atoms with Gasteiger partial charge in [-0.15, -0.1) is 0 Å². The van der Waals surface area contributed by atoms with Gasteiger partial charge in [-0.3, -0.25) is 9.59 Å². The molecule has 8 heteroatoms. The van der Waals surface area contributed by atoms with Crippen LogP contribution < -0.4 is 5.32 Å². The Morgan fingerprint density at radius 2 is 1.74 bits per heavy atom. The second-order valence-electron chi connectivity index (χ2n) is 9.32. The average Bonchev–Trinajstić information content (AvgIpc) is 3.43. The Kier molecular flexibility index (Phi) is 7.40. The van der Waals surface area contributed by atoms with Gasteiger partial charge in [-0.2, -0.15) is 0 Å². The maximum atomic E-state index is 13.2. The average molecular weight is 481 g/mol. The molecule has 1 fully saturated rings. The van der Waals surface area contributed by atoms with Crippen LogP contribution in [0.2, 0.25) is 0 Å². The number of carboxylic acids is 1. The van der Waals surface area contributed by atoms with Gasteiger partial charge in [0.15, 0.2) is 0 Å². The molecule has 2 aromatic carbocycles. The lowest BCUT2D eigenvalue weighted by atomic mass is 9.83. The highest BCUT2D eigenvalue weighted by Crippen LogP contribution is 2.44. The van der Waals surface area contributed by atoms with E-state index < -0.39 is 23.5 Å². The molecular formula is C27H32N2O6. The van der Waals surface area contributed by atoms with Crippen molar-refractivity contribution in [3.8, 4) is 11.1 Å². The number of nitrogens with one attached hydrogen (secondary N) is 1. The summed E-state index contributed by atoms with van der Waals surface area (Å²) < 4.78 is 10.7. The number of hydrogen-bond donors (Lipinski definition) is 2. The maximum absolute atomic E-state index is 13.2. The number of hydrogen-bond acceptors (Lipinski definition) is 5. The first-order chi connectivity index (χ1) is 16.9. The van der Waals surface area contributed by atoms with Crippen LogP contribution in [0.15, 0.2) is 48.5 Å². The first kappa shape index (κ1) is 24.7. The minimum absolute atomic E-state index is 0.0343. The highest BCUT2D eigenvalue weighted by Gasteiger charge is 2.46. The molecule has 1 aliphatic heterocycles. The fourth-order valence-corrected chi connectivity index (χ4v) is 5.37. The van der Waals surface area contributed by atoms with Gasteiger partial charge in [0.2, 0.25) is 5.91 Å². The number of carboxylic acid groups (broad SMARTS) is 1. The van der Waals surface area contributed by atoms with E-state index >= 15 is 0 Å². The zero-order valence-electron chi connectivity index (χ0n) is 20.2. The van der Waals surface area contributed by atoms with E-state index in [9.17, 15) is 19.5 Å². The number of methoxy groups -OCH3 is 1. The van der Waals surface area contributed by atoms with Crippen LogP contribution in [0.25, 0.3) is 11.1 Å². The molecule has 2 atom stereocenters. The first-order valence-corrected chi connectivity index (χ1v) is 12.0. The van der Waals surface area contributed by atoms with Crippen LogP contribution in [0.5, 0.6) is 0 Å². The Morgan fingerprint density at radius 3 is 2.31 bits per heavy atom. The Morgan fingerprint density at radius 1 is 1.11 bits per heavy atom. The second-order valence-corrected chi connectivity index (χ2v) is 9.32. The predicted octanol–water partition coefficient (Wildman–Crippen LogP) is 3.64. The normalized spacial score (nSPS) is 19.7. The number of aliphatic carboxylic acids is 1. The van der Waals surface area contributed by atoms with Crippen molar-refractivity contribution in [2.45, 2.75) is 38.1 Å². The second kappa shape index (κ2) is 10.5. The van der Waals surface area contributed by atoms with Gasteiger partial charge in [-0.1, -0.05) is 61.9 Å². The van der Waals surface area contributed by atoms with E-state index in [0.717, 1.165) is 22.3 Å². The number of alkyl carbamates (subject to hydrolysis) is 1. The molecule has 8 nitrogen and oxygen atoms in total. The molecule has 0 bridgehead atoms. The Balaban J connectivity index is 1.40. The monoisotopic (exact) mass is 480 g/mol. The summed E-state index contributed by atoms with van der Waals surface area (Å²) in [5, 5.41) is 12.4. The third kappa shape index (κ3) is 4.89. The van der Waals surface area contributed by atoms with Crippen LogP contribution in [0.3, 0.4) is 0 Å². The minimum atomic E-state index is -0.957. The zero-order valence-corrected chi connectivity index (χ0v) is 20.2. The number of rotatable bonds is 9. The lowest BCUT2D eigenvalue weighted by molar-refractivity contribution is -0.149. The molecule has 1 unspecified atom stereocenters. The van der Waals surface area contributed by atoms with Gasteiger partial charge >= 0.3 is 12.1 Å². The molecule has 0 aromatic heterocycles. The summed E-state index contributed by atoms with van der Waals surface area (Å²) >= 11 is 0. The van der Waals surface area contributed by atoms with Crippen LogP contribution >= 0.6 is 0 Å². The van der Waals surface area contributed by atoms with Crippen molar-refractivity contribution in [3.63, 3.8) is 0 Å². The van der Waals surface area contributed by atoms with Crippen LogP contribution in [0, 0.1) is 5.41 Å². The largest absolute Gasteiger partial charge is 0.481 e. The molecule has 1 aliphatic carbocycles. The van der Waals surface area contributed by atoms with Crippen molar-refractivity contribution in [1.29, 1.82) is 0 Å². The minimum Gasteiger partial charge on any atom is -0.481 e. The van der Waals surface area contributed by atoms with E-state index in [-0.39, 0.29) is 31.6 Å². The number of ether oxygens (including phenoxy) is 2. The number of carbonyl (C=O) groups excluding carboxylic acids is 2. The SMILES string of the molecule is CCCC1(C(=O)O)CCN(C(=O)[C@H](COC)NC(=O)OCC2c3ccccc3-c3ccccc32)C1. The van der Waals surface area contributed by atoms with Gasteiger partial charge in [0.25, 0.3) is 0 Å². The predicted molar refractivity (Wildman–Crippen MR) is 130 cm³/mol. The molecule has 1 saturated heterocycles. The molecule has 2 aromatic rings. The lowest BCUT2D eigenvalue weighted by Gasteiger charge is -2.27. The van der Waals surface area contributed by atoms with Crippen LogP contribution in [0.4, 0.5) is 4.79 Å². The summed E-state index contributed by atoms with van der Waals surface area (Å²) in [5.74, 6) is -1.34. The number of nitrogens with zero attached hydrogens (tertiary/aromatic N) is 1. The van der Waals surface area contributed by atoms with E-state index in [4.69, 9.17) is 9.47 Å². The molecule has 0 saturated carbocycles. The Labute approximate surface area is 205 Å². The molecule has 2 N–H and O–H groups in total. The van der Waals surface area contributed by atoms with Crippen molar-refractivity contribution in [2.24, 2.45) is 5.41 Å². The molecule has 186 valence electrons. The highest BCUT2D eigenvalue weighted by molar-refractivity contribution is 5.87. The van der Waals surface area contributed by atoms with Gasteiger partial charge in [0, 0.05) is 26.1 Å². The fraction of sp³-hybridized carbons (Fsp3) is 0.444. The summed E-state index contributed by atoms with van der Waals surface area (Å²) in [6, 6.07) is 15.2. The van der Waals surface area contributed by atoms with Gasteiger partial charge in [-0.25, -0.2) is 4.79 Å². The smallest absolute Gasteiger partial charge is 0.407 e. The Hall–Kier alpha value is -3.39. The van der Waals surface area contributed by atoms with Crippen molar-refractivity contribution >= 4 is 18.0 Å². The van der Waals surface area contributed by atoms with Crippen molar-refractivity contribution in [1.82, 2.24) is 10.2 Å². The quantitative estimate of drug-likeness (QED) is 0.568. The molecule has 0 radical (unpaired) electrons. The summed E-state index contributed by atoms with van der Waals surface area (Å²) in [6.07, 6.45) is 0.904. The van der Waals surface area contributed by atoms with Crippen molar-refractivity contribution in [2.75, 3.05) is 33.4 Å². The molecule has 35 heavy (non-hydrogen) atoms. The first-order valence-electron chi connectivity index (χ1n) is 12.0. The van der Waals surface area contributed by atoms with Crippen LogP contribution in [0.1, 0.15) is 43.2 Å². The number of benzene rings is 2. The van der Waals surface area contributed by atoms with E-state index in [1.54, 1.807) is 0 Å². The van der Waals surface area contributed by atoms with Crippen molar-refractivity contribution < 1.29 is 29.0 Å². The molecule has 1 heterocycles. The molecule has 4 rings (SSSR count). The third-order valence-electron chi connectivity index (χ3n) is 7.11. The van der Waals surface area contributed by atoms with E-state index in [0.29, 0.717) is 25.8 Å². The third-order valence-corrected chi connectivity index (χ3v) is 7.11. The lowest BCUT2D eigenvalue weighted by Crippen LogP contribution is -2.51. The molecular weight excluding hydrogens is 448 g/mol. The topological polar surface area (TPSA) is 105 Å². The molecule has 2 aliphatic rings. The van der Waals surface area contributed by atoms with Crippen LogP contribution in [-0.4, -0.2) is 67.4 Å². The number of fused-ring (bicyclic) bond motifs is 3. The van der Waals surface area contributed by atoms with Crippen molar-refractivity contribution in [3.05, 3.63) is 59.7 Å². The highest BCUT2D eigenvalue weighted by atomic mass is 16.5.